The van der Waals surface area contributed by atoms with Crippen LogP contribution in [-0.4, -0.2) is 20.4 Å². The van der Waals surface area contributed by atoms with Gasteiger partial charge in [0, 0.05) is 49.0 Å². The number of para-hydroxylation sites is 1. The summed E-state index contributed by atoms with van der Waals surface area (Å²) in [7, 11) is 0. The summed E-state index contributed by atoms with van der Waals surface area (Å²) in [6.07, 6.45) is 6.50. The molecule has 2 heterocycles. The normalized spacial score (nSPS) is 11.8. The largest absolute Gasteiger partial charge is 0.342 e. The fourth-order valence-corrected chi connectivity index (χ4v) is 5.81. The Morgan fingerprint density at radius 2 is 1.75 bits per heavy atom. The lowest BCUT2D eigenvalue weighted by molar-refractivity contribution is 0.675. The minimum atomic E-state index is -0.161. The molecule has 0 bridgehead atoms. The Labute approximate surface area is 234 Å². The third-order valence-corrected chi connectivity index (χ3v) is 7.84. The van der Waals surface area contributed by atoms with Gasteiger partial charge in [-0.15, -0.1) is 0 Å². The van der Waals surface area contributed by atoms with Gasteiger partial charge in [0.2, 0.25) is 0 Å². The lowest BCUT2D eigenvalue weighted by atomic mass is 10.2. The highest BCUT2D eigenvalue weighted by atomic mass is 79.9. The van der Waals surface area contributed by atoms with Crippen molar-refractivity contribution >= 4 is 75.8 Å². The van der Waals surface area contributed by atoms with Crippen LogP contribution in [0.5, 0.6) is 0 Å². The second-order valence-corrected chi connectivity index (χ2v) is 11.3. The number of hydrogen-bond donors (Lipinski definition) is 0. The molecular formula is C28H23Br3N4O. The van der Waals surface area contributed by atoms with Crippen molar-refractivity contribution in [3.8, 4) is 0 Å². The molecule has 0 fully saturated rings. The summed E-state index contributed by atoms with van der Waals surface area (Å²) in [6, 6.07) is 20.0. The molecular weight excluding hydrogens is 648 g/mol. The van der Waals surface area contributed by atoms with Crippen LogP contribution in [0, 0.1) is 0 Å². The highest BCUT2D eigenvalue weighted by molar-refractivity contribution is 9.11. The van der Waals surface area contributed by atoms with E-state index in [0.29, 0.717) is 29.7 Å². The molecule has 0 radical (unpaired) electrons. The van der Waals surface area contributed by atoms with E-state index < -0.39 is 0 Å². The predicted molar refractivity (Wildman–Crippen MR) is 158 cm³/mol. The molecule has 0 atom stereocenters. The molecule has 0 aliphatic heterocycles. The van der Waals surface area contributed by atoms with Crippen LogP contribution in [0.25, 0.3) is 21.8 Å². The van der Waals surface area contributed by atoms with E-state index >= 15 is 0 Å². The van der Waals surface area contributed by atoms with Crippen LogP contribution in [0.1, 0.15) is 36.7 Å². The smallest absolute Gasteiger partial charge is 0.282 e. The number of fused-ring (bicyclic) bond motifs is 2. The number of benzene rings is 3. The van der Waals surface area contributed by atoms with Gasteiger partial charge >= 0.3 is 0 Å². The van der Waals surface area contributed by atoms with Crippen molar-refractivity contribution in [1.82, 2.24) is 14.2 Å². The summed E-state index contributed by atoms with van der Waals surface area (Å²) in [6.45, 7) is 2.83. The van der Waals surface area contributed by atoms with E-state index in [-0.39, 0.29) is 5.56 Å². The van der Waals surface area contributed by atoms with Crippen molar-refractivity contribution in [3.05, 3.63) is 108 Å². The van der Waals surface area contributed by atoms with Gasteiger partial charge in [-0.3, -0.25) is 4.79 Å². The number of rotatable bonds is 7. The van der Waals surface area contributed by atoms with Gasteiger partial charge in [0.25, 0.3) is 5.56 Å². The summed E-state index contributed by atoms with van der Waals surface area (Å²) in [4.78, 5) is 18.2. The van der Waals surface area contributed by atoms with E-state index in [4.69, 9.17) is 4.98 Å². The zero-order chi connectivity index (χ0) is 25.2. The Bertz CT molecular complexity index is 1670. The van der Waals surface area contributed by atoms with Crippen LogP contribution in [-0.2, 0) is 13.0 Å². The van der Waals surface area contributed by atoms with E-state index in [1.807, 2.05) is 36.4 Å². The molecule has 3 aromatic carbocycles. The van der Waals surface area contributed by atoms with E-state index in [2.05, 4.69) is 94.8 Å². The maximum Gasteiger partial charge on any atom is 0.282 e. The molecule has 5 nitrogen and oxygen atoms in total. The highest BCUT2D eigenvalue weighted by Crippen LogP contribution is 2.26. The van der Waals surface area contributed by atoms with Crippen molar-refractivity contribution in [3.63, 3.8) is 0 Å². The van der Waals surface area contributed by atoms with Gasteiger partial charge in [-0.2, -0.15) is 9.78 Å². The molecule has 36 heavy (non-hydrogen) atoms. The Kier molecular flexibility index (Phi) is 7.55. The average molecular weight is 671 g/mol. The lowest BCUT2D eigenvalue weighted by Crippen LogP contribution is -2.22. The van der Waals surface area contributed by atoms with Crippen LogP contribution < -0.4 is 5.56 Å². The molecule has 0 amide bonds. The molecule has 8 heteroatoms. The van der Waals surface area contributed by atoms with Gasteiger partial charge < -0.3 is 4.57 Å². The maximum atomic E-state index is 13.4. The van der Waals surface area contributed by atoms with Gasteiger partial charge in [0.05, 0.1) is 17.1 Å². The fraction of sp³-hybridized carbons (Fsp3) is 0.179. The van der Waals surface area contributed by atoms with Gasteiger partial charge in [-0.05, 0) is 48.4 Å². The van der Waals surface area contributed by atoms with Crippen LogP contribution in [0.4, 0.5) is 0 Å². The number of halogens is 3. The van der Waals surface area contributed by atoms with Crippen LogP contribution >= 0.6 is 47.8 Å². The van der Waals surface area contributed by atoms with E-state index in [1.165, 1.54) is 10.2 Å². The minimum Gasteiger partial charge on any atom is -0.342 e. The Balaban J connectivity index is 1.59. The van der Waals surface area contributed by atoms with Crippen molar-refractivity contribution in [2.45, 2.75) is 32.7 Å². The van der Waals surface area contributed by atoms with Gasteiger partial charge in [-0.25, -0.2) is 4.98 Å². The highest BCUT2D eigenvalue weighted by Gasteiger charge is 2.13. The van der Waals surface area contributed by atoms with E-state index in [0.717, 1.165) is 42.7 Å². The Hall–Kier alpha value is -2.55. The van der Waals surface area contributed by atoms with E-state index in [1.54, 1.807) is 6.21 Å². The zero-order valence-electron chi connectivity index (χ0n) is 19.6. The van der Waals surface area contributed by atoms with Crippen molar-refractivity contribution in [2.24, 2.45) is 5.10 Å². The minimum absolute atomic E-state index is 0.161. The fourth-order valence-electron chi connectivity index (χ4n) is 4.27. The van der Waals surface area contributed by atoms with Crippen LogP contribution in [0.2, 0.25) is 0 Å². The van der Waals surface area contributed by atoms with E-state index in [9.17, 15) is 4.79 Å². The molecule has 0 N–H and O–H groups in total. The molecule has 5 aromatic rings. The third-order valence-electron chi connectivity index (χ3n) is 6.12. The van der Waals surface area contributed by atoms with Crippen LogP contribution in [0.3, 0.4) is 0 Å². The standard InChI is InChI=1S/C28H23Br3N4O/c1-2-3-8-27-33-25-12-11-20(29)13-23(25)28(36)35(27)32-15-19-17-34(26-7-5-4-6-22(19)26)16-18-9-10-21(30)14-24(18)31/h4-7,9-15,17H,2-3,8,16H2,1H3. The maximum absolute atomic E-state index is 13.4. The summed E-state index contributed by atoms with van der Waals surface area (Å²) in [5.41, 5.74) is 3.75. The molecule has 0 unspecified atom stereocenters. The molecule has 0 spiro atoms. The first-order valence-corrected chi connectivity index (χ1v) is 14.1. The first-order chi connectivity index (χ1) is 17.4. The first kappa shape index (κ1) is 25.1. The van der Waals surface area contributed by atoms with Gasteiger partial charge in [-0.1, -0.05) is 85.4 Å². The SMILES string of the molecule is CCCCc1nc2ccc(Br)cc2c(=O)n1N=Cc1cn(Cc2ccc(Br)cc2Br)c2ccccc12. The molecule has 2 aromatic heterocycles. The molecule has 5 rings (SSSR count). The van der Waals surface area contributed by atoms with Gasteiger partial charge in [0.15, 0.2) is 0 Å². The first-order valence-electron chi connectivity index (χ1n) is 11.7. The molecule has 0 saturated carbocycles. The van der Waals surface area contributed by atoms with Crippen molar-refractivity contribution in [1.29, 1.82) is 0 Å². The average Bonchev–Trinajstić information content (AvgIpc) is 3.22. The number of aryl methyl sites for hydroxylation is 1. The lowest BCUT2D eigenvalue weighted by Gasteiger charge is -2.09. The summed E-state index contributed by atoms with van der Waals surface area (Å²) in [5, 5.41) is 6.30. The quantitative estimate of drug-likeness (QED) is 0.165. The second kappa shape index (κ2) is 10.8. The van der Waals surface area contributed by atoms with Crippen molar-refractivity contribution in [2.75, 3.05) is 0 Å². The number of nitrogens with zero attached hydrogens (tertiary/aromatic N) is 4. The second-order valence-electron chi connectivity index (χ2n) is 8.62. The monoisotopic (exact) mass is 668 g/mol. The van der Waals surface area contributed by atoms with Gasteiger partial charge in [0.1, 0.15) is 5.82 Å². The number of unbranched alkanes of at least 4 members (excludes halogenated alkanes) is 1. The third kappa shape index (κ3) is 5.12. The zero-order valence-corrected chi connectivity index (χ0v) is 24.3. The van der Waals surface area contributed by atoms with Crippen molar-refractivity contribution < 1.29 is 0 Å². The van der Waals surface area contributed by atoms with Crippen LogP contribution in [0.15, 0.2) is 90.2 Å². The predicted octanol–water partition coefficient (Wildman–Crippen LogP) is 7.91. The molecule has 0 aliphatic rings. The number of hydrogen-bond acceptors (Lipinski definition) is 3. The number of aromatic nitrogens is 3. The molecule has 182 valence electrons. The summed E-state index contributed by atoms with van der Waals surface area (Å²) in [5.74, 6) is 0.676. The Morgan fingerprint density at radius 1 is 0.972 bits per heavy atom. The topological polar surface area (TPSA) is 52.2 Å². The Morgan fingerprint density at radius 3 is 2.56 bits per heavy atom. The molecule has 0 saturated heterocycles. The summed E-state index contributed by atoms with van der Waals surface area (Å²) < 4.78 is 6.59. The summed E-state index contributed by atoms with van der Waals surface area (Å²) >= 11 is 10.7. The molecule has 0 aliphatic carbocycles.